The number of hydrogen-bond acceptors (Lipinski definition) is 1. The van der Waals surface area contributed by atoms with Gasteiger partial charge in [0.25, 0.3) is 0 Å². The second-order valence-corrected chi connectivity index (χ2v) is 9.00. The Balaban J connectivity index is 1.64. The molecule has 3 nitrogen and oxygen atoms in total. The molecule has 0 aliphatic carbocycles. The van der Waals surface area contributed by atoms with E-state index in [4.69, 9.17) is 4.98 Å². The number of aryl methyl sites for hydroxylation is 3. The first kappa shape index (κ1) is 19.7. The van der Waals surface area contributed by atoms with Gasteiger partial charge in [0.05, 0.1) is 27.5 Å². The van der Waals surface area contributed by atoms with Gasteiger partial charge < -0.3 is 0 Å². The summed E-state index contributed by atoms with van der Waals surface area (Å²) in [5.74, 6) is 0.942. The summed E-state index contributed by atoms with van der Waals surface area (Å²) in [6.07, 6.45) is 2.12. The number of pyridine rings is 2. The lowest BCUT2D eigenvalue weighted by Crippen LogP contribution is -2.31. The molecular formula is C30H26N3+. The van der Waals surface area contributed by atoms with Crippen LogP contribution in [-0.4, -0.2) is 9.55 Å². The molecule has 0 unspecified atom stereocenters. The molecule has 33 heavy (non-hydrogen) atoms. The summed E-state index contributed by atoms with van der Waals surface area (Å²) in [4.78, 5) is 5.17. The van der Waals surface area contributed by atoms with Crippen molar-refractivity contribution in [2.75, 3.05) is 0 Å². The predicted molar refractivity (Wildman–Crippen MR) is 137 cm³/mol. The van der Waals surface area contributed by atoms with Crippen molar-refractivity contribution >= 4 is 32.7 Å². The molecule has 0 spiro atoms. The van der Waals surface area contributed by atoms with Crippen LogP contribution in [0.25, 0.3) is 49.8 Å². The van der Waals surface area contributed by atoms with Gasteiger partial charge in [0.15, 0.2) is 6.20 Å². The van der Waals surface area contributed by atoms with Crippen LogP contribution in [0, 0.1) is 20.8 Å². The number of fused-ring (bicyclic) bond motifs is 4. The minimum absolute atomic E-state index is 0.942. The first-order valence-electron chi connectivity index (χ1n) is 11.4. The number of para-hydroxylation sites is 2. The van der Waals surface area contributed by atoms with E-state index in [1.807, 2.05) is 0 Å². The summed E-state index contributed by atoms with van der Waals surface area (Å²) in [5, 5.41) is 3.67. The van der Waals surface area contributed by atoms with Crippen molar-refractivity contribution in [1.29, 1.82) is 0 Å². The summed E-state index contributed by atoms with van der Waals surface area (Å²) in [5.41, 5.74) is 9.74. The largest absolute Gasteiger partial charge is 0.294 e. The van der Waals surface area contributed by atoms with Crippen molar-refractivity contribution in [3.05, 3.63) is 102 Å². The van der Waals surface area contributed by atoms with Crippen LogP contribution >= 0.6 is 0 Å². The molecule has 0 bridgehead atoms. The third-order valence-corrected chi connectivity index (χ3v) is 6.85. The van der Waals surface area contributed by atoms with Crippen LogP contribution in [0.3, 0.4) is 0 Å². The normalized spacial score (nSPS) is 11.6. The Morgan fingerprint density at radius 3 is 2.09 bits per heavy atom. The minimum Gasteiger partial charge on any atom is -0.294 e. The van der Waals surface area contributed by atoms with Gasteiger partial charge in [-0.3, -0.25) is 4.57 Å². The average Bonchev–Trinajstić information content (AvgIpc) is 3.16. The van der Waals surface area contributed by atoms with Crippen molar-refractivity contribution in [3.8, 4) is 17.1 Å². The molecule has 3 heteroatoms. The molecule has 0 saturated carbocycles. The van der Waals surface area contributed by atoms with Crippen LogP contribution < -0.4 is 4.57 Å². The van der Waals surface area contributed by atoms with E-state index in [1.165, 1.54) is 49.8 Å². The van der Waals surface area contributed by atoms with Gasteiger partial charge in [-0.1, -0.05) is 48.0 Å². The Hall–Kier alpha value is -3.98. The molecule has 0 fully saturated rings. The third kappa shape index (κ3) is 2.96. The van der Waals surface area contributed by atoms with E-state index in [2.05, 4.69) is 122 Å². The Kier molecular flexibility index (Phi) is 4.34. The predicted octanol–water partition coefficient (Wildman–Crippen LogP) is 6.75. The first-order valence-corrected chi connectivity index (χ1v) is 11.4. The first-order chi connectivity index (χ1) is 16.0. The fraction of sp³-hybridized carbons (Fsp3) is 0.133. The molecule has 3 heterocycles. The summed E-state index contributed by atoms with van der Waals surface area (Å²) >= 11 is 0. The van der Waals surface area contributed by atoms with Gasteiger partial charge in [0, 0.05) is 16.8 Å². The van der Waals surface area contributed by atoms with Crippen LogP contribution in [0.15, 0.2) is 85.1 Å². The van der Waals surface area contributed by atoms with Gasteiger partial charge in [0.2, 0.25) is 5.69 Å². The van der Waals surface area contributed by atoms with Gasteiger partial charge in [0.1, 0.15) is 12.9 Å². The zero-order chi connectivity index (χ0) is 22.7. The van der Waals surface area contributed by atoms with E-state index in [1.54, 1.807) is 0 Å². The third-order valence-electron chi connectivity index (χ3n) is 6.85. The highest BCUT2D eigenvalue weighted by molar-refractivity contribution is 6.09. The van der Waals surface area contributed by atoms with E-state index >= 15 is 0 Å². The lowest BCUT2D eigenvalue weighted by molar-refractivity contribution is -0.659. The molecule has 0 amide bonds. The van der Waals surface area contributed by atoms with E-state index in [0.717, 1.165) is 16.7 Å². The quantitative estimate of drug-likeness (QED) is 0.280. The molecule has 6 aromatic rings. The maximum atomic E-state index is 5.17. The topological polar surface area (TPSA) is 21.7 Å². The van der Waals surface area contributed by atoms with Crippen LogP contribution in [0.2, 0.25) is 0 Å². The Labute approximate surface area is 193 Å². The van der Waals surface area contributed by atoms with Gasteiger partial charge in [-0.05, 0) is 62.2 Å². The van der Waals surface area contributed by atoms with Crippen molar-refractivity contribution in [3.63, 3.8) is 0 Å². The second kappa shape index (κ2) is 7.28. The average molecular weight is 429 g/mol. The summed E-state index contributed by atoms with van der Waals surface area (Å²) in [6.45, 7) is 6.57. The monoisotopic (exact) mass is 428 g/mol. The van der Waals surface area contributed by atoms with Crippen molar-refractivity contribution in [1.82, 2.24) is 9.55 Å². The Morgan fingerprint density at radius 2 is 1.39 bits per heavy atom. The second-order valence-electron chi connectivity index (χ2n) is 9.00. The molecule has 0 N–H and O–H groups in total. The Bertz CT molecular complexity index is 1650. The van der Waals surface area contributed by atoms with Gasteiger partial charge in [-0.2, -0.15) is 0 Å². The van der Waals surface area contributed by atoms with Crippen LogP contribution in [0.1, 0.15) is 16.7 Å². The molecule has 0 atom stereocenters. The number of nitrogens with zero attached hydrogens (tertiary/aromatic N) is 3. The van der Waals surface area contributed by atoms with E-state index < -0.39 is 0 Å². The molecule has 6 rings (SSSR count). The number of hydrogen-bond donors (Lipinski definition) is 0. The molecular weight excluding hydrogens is 402 g/mol. The van der Waals surface area contributed by atoms with Crippen molar-refractivity contribution in [2.45, 2.75) is 20.8 Å². The summed E-state index contributed by atoms with van der Waals surface area (Å²) < 4.78 is 4.49. The summed E-state index contributed by atoms with van der Waals surface area (Å²) in [7, 11) is 2.12. The highest BCUT2D eigenvalue weighted by Gasteiger charge is 2.20. The van der Waals surface area contributed by atoms with E-state index in [-0.39, 0.29) is 0 Å². The van der Waals surface area contributed by atoms with Crippen molar-refractivity contribution in [2.24, 2.45) is 7.05 Å². The lowest BCUT2D eigenvalue weighted by Gasteiger charge is -2.12. The number of rotatable bonds is 2. The van der Waals surface area contributed by atoms with Gasteiger partial charge in [-0.25, -0.2) is 9.55 Å². The maximum Gasteiger partial charge on any atom is 0.222 e. The van der Waals surface area contributed by atoms with Crippen LogP contribution in [-0.2, 0) is 7.05 Å². The molecule has 0 aliphatic rings. The zero-order valence-electron chi connectivity index (χ0n) is 19.4. The van der Waals surface area contributed by atoms with Crippen LogP contribution in [0.5, 0.6) is 0 Å². The highest BCUT2D eigenvalue weighted by atomic mass is 15.1. The standard InChI is InChI=1S/C30H26N3/c1-19-17-20(2)21(3)25(18-19)30-24-13-14-29(31-26(24)15-16-32(30)4)33-27-11-7-5-9-22(27)23-10-6-8-12-28(23)33/h5-18H,1-4H3/q+1. The molecule has 160 valence electrons. The number of aromatic nitrogens is 3. The molecule has 0 radical (unpaired) electrons. The molecule has 0 saturated heterocycles. The highest BCUT2D eigenvalue weighted by Crippen LogP contribution is 2.33. The van der Waals surface area contributed by atoms with Crippen molar-refractivity contribution < 1.29 is 4.57 Å². The summed E-state index contributed by atoms with van der Waals surface area (Å²) in [6, 6.07) is 28.2. The lowest BCUT2D eigenvalue weighted by atomic mass is 9.95. The zero-order valence-corrected chi connectivity index (χ0v) is 19.4. The van der Waals surface area contributed by atoms with E-state index in [9.17, 15) is 0 Å². The SMILES string of the molecule is Cc1cc(C)c(C)c(-c2c3ccc(-n4c5ccccc5c5ccccc54)nc3cc[n+]2C)c1. The maximum absolute atomic E-state index is 5.17. The molecule has 0 aliphatic heterocycles. The van der Waals surface area contributed by atoms with Crippen LogP contribution in [0.4, 0.5) is 0 Å². The fourth-order valence-electron chi connectivity index (χ4n) is 5.15. The minimum atomic E-state index is 0.942. The van der Waals surface area contributed by atoms with Gasteiger partial charge >= 0.3 is 0 Å². The number of benzene rings is 3. The fourth-order valence-corrected chi connectivity index (χ4v) is 5.15. The Morgan fingerprint density at radius 1 is 0.727 bits per heavy atom. The molecule has 3 aromatic carbocycles. The smallest absolute Gasteiger partial charge is 0.222 e. The van der Waals surface area contributed by atoms with Gasteiger partial charge in [-0.15, -0.1) is 0 Å². The van der Waals surface area contributed by atoms with E-state index in [0.29, 0.717) is 0 Å². The molecule has 3 aromatic heterocycles.